The Hall–Kier alpha value is -4.54. The molecular formula is C26H21F3N6O2. The Morgan fingerprint density at radius 2 is 1.81 bits per heavy atom. The lowest BCUT2D eigenvalue weighted by Gasteiger charge is -2.14. The molecule has 1 unspecified atom stereocenters. The van der Waals surface area contributed by atoms with Crippen LogP contribution in [0, 0.1) is 5.41 Å². The fourth-order valence-corrected chi connectivity index (χ4v) is 3.99. The van der Waals surface area contributed by atoms with E-state index in [-0.39, 0.29) is 17.2 Å². The van der Waals surface area contributed by atoms with E-state index in [2.05, 4.69) is 20.3 Å². The molecule has 3 aromatic rings. The van der Waals surface area contributed by atoms with Crippen molar-refractivity contribution in [2.45, 2.75) is 31.1 Å². The van der Waals surface area contributed by atoms with Crippen molar-refractivity contribution >= 4 is 29.2 Å². The van der Waals surface area contributed by atoms with Crippen molar-refractivity contribution in [2.75, 3.05) is 5.32 Å². The van der Waals surface area contributed by atoms with Crippen LogP contribution in [0.15, 0.2) is 76.8 Å². The van der Waals surface area contributed by atoms with Crippen LogP contribution < -0.4 is 11.1 Å². The van der Waals surface area contributed by atoms with E-state index in [0.29, 0.717) is 36.0 Å². The molecule has 1 aliphatic carbocycles. The number of hydrogen-bond acceptors (Lipinski definition) is 6. The van der Waals surface area contributed by atoms with Gasteiger partial charge in [-0.1, -0.05) is 48.5 Å². The maximum absolute atomic E-state index is 13.2. The third kappa shape index (κ3) is 5.20. The number of nitrogens with zero attached hydrogens (tertiary/aromatic N) is 3. The molecule has 1 atom stereocenters. The van der Waals surface area contributed by atoms with Gasteiger partial charge < -0.3 is 15.8 Å². The highest BCUT2D eigenvalue weighted by molar-refractivity contribution is 6.19. The predicted molar refractivity (Wildman–Crippen MR) is 132 cm³/mol. The van der Waals surface area contributed by atoms with Crippen LogP contribution in [-0.2, 0) is 15.7 Å². The second-order valence-corrected chi connectivity index (χ2v) is 8.58. The van der Waals surface area contributed by atoms with Crippen molar-refractivity contribution in [1.82, 2.24) is 4.98 Å². The topological polar surface area (TPSA) is 126 Å². The highest BCUT2D eigenvalue weighted by atomic mass is 19.4. The van der Waals surface area contributed by atoms with E-state index in [1.807, 2.05) is 42.5 Å². The molecule has 8 nitrogen and oxygen atoms in total. The second-order valence-electron chi connectivity index (χ2n) is 8.58. The third-order valence-electron chi connectivity index (χ3n) is 5.91. The molecule has 1 saturated carbocycles. The number of benzene rings is 2. The molecular weight excluding hydrogens is 485 g/mol. The zero-order valence-electron chi connectivity index (χ0n) is 19.3. The van der Waals surface area contributed by atoms with Gasteiger partial charge in [0, 0.05) is 17.3 Å². The summed E-state index contributed by atoms with van der Waals surface area (Å²) in [5.74, 6) is -1.28. The first-order valence-electron chi connectivity index (χ1n) is 11.4. The zero-order chi connectivity index (χ0) is 26.2. The number of para-hydroxylation sites is 1. The van der Waals surface area contributed by atoms with Crippen LogP contribution in [-0.4, -0.2) is 34.7 Å². The fourth-order valence-electron chi connectivity index (χ4n) is 3.99. The van der Waals surface area contributed by atoms with Crippen molar-refractivity contribution in [3.8, 4) is 0 Å². The molecule has 1 fully saturated rings. The average molecular weight is 506 g/mol. The first-order valence-corrected chi connectivity index (χ1v) is 11.4. The van der Waals surface area contributed by atoms with Gasteiger partial charge in [0.05, 0.1) is 17.0 Å². The molecule has 0 bridgehead atoms. The Kier molecular flexibility index (Phi) is 6.20. The second kappa shape index (κ2) is 9.49. The number of alkyl halides is 3. The standard InChI is InChI=1S/C26H21F3N6O2/c27-26(28,29)16-12-18(14-10-11-14)21(32-13-16)22(30)37-25(31)35-23-24(36)33-19-9-5-4-8-17(19)20(34-23)15-6-2-1-3-7-15/h1-9,12-14,23,30H,10-11H2,(H2,31,35)(H,33,36). The summed E-state index contributed by atoms with van der Waals surface area (Å²) >= 11 is 0. The van der Waals surface area contributed by atoms with Crippen molar-refractivity contribution in [3.63, 3.8) is 0 Å². The summed E-state index contributed by atoms with van der Waals surface area (Å²) in [5, 5.41) is 11.0. The number of amidine groups is 1. The van der Waals surface area contributed by atoms with Crippen LogP contribution in [0.3, 0.4) is 0 Å². The number of hydrogen-bond donors (Lipinski definition) is 3. The molecule has 2 heterocycles. The zero-order valence-corrected chi connectivity index (χ0v) is 19.3. The van der Waals surface area contributed by atoms with Crippen molar-refractivity contribution < 1.29 is 22.7 Å². The van der Waals surface area contributed by atoms with E-state index in [0.717, 1.165) is 11.6 Å². The third-order valence-corrected chi connectivity index (χ3v) is 5.91. The molecule has 2 aromatic carbocycles. The number of nitrogens with one attached hydrogen (secondary N) is 2. The van der Waals surface area contributed by atoms with Crippen LogP contribution in [0.5, 0.6) is 0 Å². The number of benzodiazepines with no additional fused rings is 1. The number of halogens is 3. The number of rotatable bonds is 4. The summed E-state index contributed by atoms with van der Waals surface area (Å²) in [7, 11) is 0. The number of anilines is 1. The van der Waals surface area contributed by atoms with Crippen LogP contribution in [0.25, 0.3) is 0 Å². The van der Waals surface area contributed by atoms with Gasteiger partial charge in [0.1, 0.15) is 5.69 Å². The molecule has 0 saturated heterocycles. The molecule has 0 radical (unpaired) electrons. The maximum Gasteiger partial charge on any atom is 0.417 e. The first kappa shape index (κ1) is 24.2. The Bertz CT molecular complexity index is 1430. The van der Waals surface area contributed by atoms with E-state index in [1.54, 1.807) is 12.1 Å². The Morgan fingerprint density at radius 3 is 2.51 bits per heavy atom. The van der Waals surface area contributed by atoms with Crippen LogP contribution >= 0.6 is 0 Å². The molecule has 5 rings (SSSR count). The van der Waals surface area contributed by atoms with Gasteiger partial charge >= 0.3 is 6.18 Å². The van der Waals surface area contributed by atoms with Crippen LogP contribution in [0.1, 0.15) is 46.7 Å². The Balaban J connectivity index is 1.44. The molecule has 2 aliphatic rings. The first-order chi connectivity index (χ1) is 17.7. The largest absolute Gasteiger partial charge is 0.417 e. The molecule has 11 heteroatoms. The van der Waals surface area contributed by atoms with Gasteiger partial charge in [0.2, 0.25) is 12.1 Å². The number of aromatic nitrogens is 1. The van der Waals surface area contributed by atoms with E-state index < -0.39 is 35.7 Å². The van der Waals surface area contributed by atoms with Gasteiger partial charge in [-0.05, 0) is 36.5 Å². The van der Waals surface area contributed by atoms with Crippen molar-refractivity contribution in [1.29, 1.82) is 5.41 Å². The lowest BCUT2D eigenvalue weighted by molar-refractivity contribution is -0.137. The number of ether oxygens (including phenoxy) is 1. The highest BCUT2D eigenvalue weighted by Gasteiger charge is 2.36. The van der Waals surface area contributed by atoms with Gasteiger partial charge in [0.25, 0.3) is 11.9 Å². The number of amides is 1. The SMILES string of the molecule is N=C(OC(N)=NC1N=C(c2ccccc2)c2ccccc2NC1=O)c1ncc(C(F)(F)F)cc1C1CC1. The molecule has 4 N–H and O–H groups in total. The average Bonchev–Trinajstić information content (AvgIpc) is 3.72. The minimum Gasteiger partial charge on any atom is -0.405 e. The number of aliphatic imine (C=N–C) groups is 2. The lowest BCUT2D eigenvalue weighted by Crippen LogP contribution is -2.29. The number of pyridine rings is 1. The number of carbonyl (C=O) groups is 1. The maximum atomic E-state index is 13.2. The van der Waals surface area contributed by atoms with Gasteiger partial charge in [-0.3, -0.25) is 15.2 Å². The Labute approximate surface area is 209 Å². The van der Waals surface area contributed by atoms with Crippen molar-refractivity contribution in [2.24, 2.45) is 15.7 Å². The summed E-state index contributed by atoms with van der Waals surface area (Å²) < 4.78 is 44.8. The Morgan fingerprint density at radius 1 is 1.11 bits per heavy atom. The molecule has 1 amide bonds. The summed E-state index contributed by atoms with van der Waals surface area (Å²) in [6.07, 6.45) is -3.87. The highest BCUT2D eigenvalue weighted by Crippen LogP contribution is 2.43. The van der Waals surface area contributed by atoms with E-state index in [1.165, 1.54) is 0 Å². The quantitative estimate of drug-likeness (QED) is 0.357. The van der Waals surface area contributed by atoms with E-state index in [9.17, 15) is 18.0 Å². The molecule has 1 aliphatic heterocycles. The summed E-state index contributed by atoms with van der Waals surface area (Å²) in [6.45, 7) is 0. The molecule has 0 spiro atoms. The normalized spacial score (nSPS) is 17.8. The number of fused-ring (bicyclic) bond motifs is 1. The lowest BCUT2D eigenvalue weighted by atomic mass is 10.0. The van der Waals surface area contributed by atoms with Gasteiger partial charge in [0.15, 0.2) is 0 Å². The van der Waals surface area contributed by atoms with E-state index in [4.69, 9.17) is 15.9 Å². The summed E-state index contributed by atoms with van der Waals surface area (Å²) in [4.78, 5) is 25.3. The predicted octanol–water partition coefficient (Wildman–Crippen LogP) is 4.45. The van der Waals surface area contributed by atoms with Gasteiger partial charge in [-0.2, -0.15) is 18.2 Å². The van der Waals surface area contributed by atoms with Crippen LogP contribution in [0.4, 0.5) is 18.9 Å². The molecule has 1 aromatic heterocycles. The smallest absolute Gasteiger partial charge is 0.405 e. The minimum absolute atomic E-state index is 0.0557. The monoisotopic (exact) mass is 506 g/mol. The summed E-state index contributed by atoms with van der Waals surface area (Å²) in [6, 6.07) is 16.8. The van der Waals surface area contributed by atoms with Gasteiger partial charge in [-0.25, -0.2) is 4.99 Å². The van der Waals surface area contributed by atoms with Crippen LogP contribution in [0.2, 0.25) is 0 Å². The molecule has 37 heavy (non-hydrogen) atoms. The number of carbonyl (C=O) groups excluding carboxylic acids is 1. The van der Waals surface area contributed by atoms with Gasteiger partial charge in [-0.15, -0.1) is 0 Å². The fraction of sp³-hybridized carbons (Fsp3) is 0.192. The van der Waals surface area contributed by atoms with E-state index >= 15 is 0 Å². The minimum atomic E-state index is -4.56. The summed E-state index contributed by atoms with van der Waals surface area (Å²) in [5.41, 5.74) is 7.72. The van der Waals surface area contributed by atoms with Crippen molar-refractivity contribution in [3.05, 3.63) is 94.8 Å². The number of nitrogens with two attached hydrogens (primary N) is 1. The molecule has 188 valence electrons.